The monoisotopic (exact) mass is 253 g/mol. The molecule has 16 heavy (non-hydrogen) atoms. The predicted octanol–water partition coefficient (Wildman–Crippen LogP) is 2.91. The average Bonchev–Trinajstić information content (AvgIpc) is 2.33. The maximum Gasteiger partial charge on any atom is 0.159 e. The SMILES string of the molecule is NCc1cnc(-c2ccc(Cl)c(Cl)c2)nc1. The Kier molecular flexibility index (Phi) is 3.39. The van der Waals surface area contributed by atoms with Gasteiger partial charge in [0.2, 0.25) is 0 Å². The molecule has 0 fully saturated rings. The fraction of sp³-hybridized carbons (Fsp3) is 0.0909. The summed E-state index contributed by atoms with van der Waals surface area (Å²) in [6, 6.07) is 5.28. The first kappa shape index (κ1) is 11.3. The summed E-state index contributed by atoms with van der Waals surface area (Å²) in [5.41, 5.74) is 7.19. The summed E-state index contributed by atoms with van der Waals surface area (Å²) in [5, 5.41) is 1.01. The molecular weight excluding hydrogens is 245 g/mol. The number of hydrogen-bond donors (Lipinski definition) is 1. The van der Waals surface area contributed by atoms with Crippen LogP contribution in [0.1, 0.15) is 5.56 Å². The number of halogens is 2. The summed E-state index contributed by atoms with van der Waals surface area (Å²) >= 11 is 11.7. The molecule has 0 aliphatic carbocycles. The van der Waals surface area contributed by atoms with Gasteiger partial charge in [0.25, 0.3) is 0 Å². The molecule has 1 aromatic carbocycles. The van der Waals surface area contributed by atoms with Gasteiger partial charge in [0.1, 0.15) is 0 Å². The minimum atomic E-state index is 0.432. The van der Waals surface area contributed by atoms with Crippen LogP contribution in [0.3, 0.4) is 0 Å². The molecule has 0 radical (unpaired) electrons. The van der Waals surface area contributed by atoms with Gasteiger partial charge in [-0.25, -0.2) is 9.97 Å². The van der Waals surface area contributed by atoms with E-state index in [0.717, 1.165) is 11.1 Å². The van der Waals surface area contributed by atoms with Gasteiger partial charge in [-0.1, -0.05) is 23.2 Å². The van der Waals surface area contributed by atoms with Crippen molar-refractivity contribution in [1.82, 2.24) is 9.97 Å². The van der Waals surface area contributed by atoms with Crippen molar-refractivity contribution in [2.75, 3.05) is 0 Å². The Morgan fingerprint density at radius 3 is 2.31 bits per heavy atom. The first-order valence-corrected chi connectivity index (χ1v) is 5.42. The van der Waals surface area contributed by atoms with E-state index in [1.54, 1.807) is 24.5 Å². The molecule has 0 aliphatic rings. The van der Waals surface area contributed by atoms with E-state index >= 15 is 0 Å². The smallest absolute Gasteiger partial charge is 0.159 e. The zero-order chi connectivity index (χ0) is 11.5. The van der Waals surface area contributed by atoms with Crippen molar-refractivity contribution in [2.24, 2.45) is 5.73 Å². The third-order valence-corrected chi connectivity index (χ3v) is 2.86. The zero-order valence-corrected chi connectivity index (χ0v) is 9.83. The standard InChI is InChI=1S/C11H9Cl2N3/c12-9-2-1-8(3-10(9)13)11-15-5-7(4-14)6-16-11/h1-3,5-6H,4,14H2. The van der Waals surface area contributed by atoms with Crippen molar-refractivity contribution >= 4 is 23.2 Å². The molecule has 1 heterocycles. The van der Waals surface area contributed by atoms with E-state index in [2.05, 4.69) is 9.97 Å². The molecule has 0 saturated heterocycles. The lowest BCUT2D eigenvalue weighted by Crippen LogP contribution is -1.98. The number of benzene rings is 1. The molecule has 0 atom stereocenters. The normalized spacial score (nSPS) is 10.4. The first-order valence-electron chi connectivity index (χ1n) is 4.67. The molecule has 0 aliphatic heterocycles. The van der Waals surface area contributed by atoms with E-state index in [1.807, 2.05) is 6.07 Å². The van der Waals surface area contributed by atoms with Gasteiger partial charge in [0, 0.05) is 30.1 Å². The van der Waals surface area contributed by atoms with Crippen molar-refractivity contribution in [3.05, 3.63) is 46.2 Å². The van der Waals surface area contributed by atoms with Crippen molar-refractivity contribution in [2.45, 2.75) is 6.54 Å². The number of hydrogen-bond acceptors (Lipinski definition) is 3. The highest BCUT2D eigenvalue weighted by Crippen LogP contribution is 2.26. The van der Waals surface area contributed by atoms with Gasteiger partial charge in [0.05, 0.1) is 10.0 Å². The van der Waals surface area contributed by atoms with Gasteiger partial charge in [-0.15, -0.1) is 0 Å². The average molecular weight is 254 g/mol. The Morgan fingerprint density at radius 1 is 1.06 bits per heavy atom. The fourth-order valence-corrected chi connectivity index (χ4v) is 1.54. The second-order valence-electron chi connectivity index (χ2n) is 3.25. The van der Waals surface area contributed by atoms with Crippen molar-refractivity contribution in [3.8, 4) is 11.4 Å². The van der Waals surface area contributed by atoms with Crippen LogP contribution < -0.4 is 5.73 Å². The van der Waals surface area contributed by atoms with Crippen LogP contribution in [-0.2, 0) is 6.54 Å². The second-order valence-corrected chi connectivity index (χ2v) is 4.06. The Balaban J connectivity index is 2.38. The lowest BCUT2D eigenvalue weighted by Gasteiger charge is -2.02. The lowest BCUT2D eigenvalue weighted by molar-refractivity contribution is 1.01. The molecule has 2 rings (SSSR count). The van der Waals surface area contributed by atoms with Crippen LogP contribution in [0.15, 0.2) is 30.6 Å². The van der Waals surface area contributed by atoms with Gasteiger partial charge >= 0.3 is 0 Å². The van der Waals surface area contributed by atoms with Crippen molar-refractivity contribution < 1.29 is 0 Å². The second kappa shape index (κ2) is 4.78. The molecule has 0 unspecified atom stereocenters. The lowest BCUT2D eigenvalue weighted by atomic mass is 10.2. The van der Waals surface area contributed by atoms with Crippen LogP contribution in [0, 0.1) is 0 Å². The summed E-state index contributed by atoms with van der Waals surface area (Å²) in [6.07, 6.45) is 3.40. The molecule has 1 aromatic heterocycles. The largest absolute Gasteiger partial charge is 0.326 e. The molecule has 0 saturated carbocycles. The van der Waals surface area contributed by atoms with Crippen LogP contribution >= 0.6 is 23.2 Å². The molecule has 5 heteroatoms. The van der Waals surface area contributed by atoms with Crippen LogP contribution in [0.5, 0.6) is 0 Å². The maximum absolute atomic E-state index is 5.91. The van der Waals surface area contributed by atoms with Crippen LogP contribution in [0.4, 0.5) is 0 Å². The van der Waals surface area contributed by atoms with Gasteiger partial charge < -0.3 is 5.73 Å². The Morgan fingerprint density at radius 2 is 1.75 bits per heavy atom. The van der Waals surface area contributed by atoms with Gasteiger partial charge in [-0.3, -0.25) is 0 Å². The van der Waals surface area contributed by atoms with E-state index in [-0.39, 0.29) is 0 Å². The van der Waals surface area contributed by atoms with E-state index in [9.17, 15) is 0 Å². The van der Waals surface area contributed by atoms with Crippen LogP contribution in [0.2, 0.25) is 10.0 Å². The molecule has 0 amide bonds. The minimum absolute atomic E-state index is 0.432. The highest BCUT2D eigenvalue weighted by atomic mass is 35.5. The fourth-order valence-electron chi connectivity index (χ4n) is 1.24. The molecule has 0 bridgehead atoms. The maximum atomic E-state index is 5.91. The van der Waals surface area contributed by atoms with Crippen LogP contribution in [0.25, 0.3) is 11.4 Å². The zero-order valence-electron chi connectivity index (χ0n) is 8.32. The number of rotatable bonds is 2. The third-order valence-electron chi connectivity index (χ3n) is 2.12. The van der Waals surface area contributed by atoms with E-state index in [0.29, 0.717) is 22.4 Å². The Labute approximate surface area is 103 Å². The summed E-state index contributed by atoms with van der Waals surface area (Å²) < 4.78 is 0. The highest BCUT2D eigenvalue weighted by Gasteiger charge is 2.04. The molecule has 2 aromatic rings. The van der Waals surface area contributed by atoms with E-state index < -0.39 is 0 Å². The van der Waals surface area contributed by atoms with Crippen molar-refractivity contribution in [1.29, 1.82) is 0 Å². The number of nitrogens with zero attached hydrogens (tertiary/aromatic N) is 2. The van der Waals surface area contributed by atoms with E-state index in [4.69, 9.17) is 28.9 Å². The molecule has 2 N–H and O–H groups in total. The topological polar surface area (TPSA) is 51.8 Å². The van der Waals surface area contributed by atoms with Gasteiger partial charge in [-0.2, -0.15) is 0 Å². The van der Waals surface area contributed by atoms with Crippen molar-refractivity contribution in [3.63, 3.8) is 0 Å². The van der Waals surface area contributed by atoms with E-state index in [1.165, 1.54) is 0 Å². The first-order chi connectivity index (χ1) is 7.70. The number of nitrogens with two attached hydrogens (primary N) is 1. The van der Waals surface area contributed by atoms with Gasteiger partial charge in [0.15, 0.2) is 5.82 Å². The number of aromatic nitrogens is 2. The summed E-state index contributed by atoms with van der Waals surface area (Å²) in [7, 11) is 0. The summed E-state index contributed by atoms with van der Waals surface area (Å²) in [4.78, 5) is 8.40. The minimum Gasteiger partial charge on any atom is -0.326 e. The summed E-state index contributed by atoms with van der Waals surface area (Å²) in [6.45, 7) is 0.432. The van der Waals surface area contributed by atoms with Gasteiger partial charge in [-0.05, 0) is 18.2 Å². The summed E-state index contributed by atoms with van der Waals surface area (Å²) in [5.74, 6) is 0.607. The molecule has 3 nitrogen and oxygen atoms in total. The van der Waals surface area contributed by atoms with Crippen LogP contribution in [-0.4, -0.2) is 9.97 Å². The molecular formula is C11H9Cl2N3. The predicted molar refractivity (Wildman–Crippen MR) is 65.4 cm³/mol. The molecule has 0 spiro atoms. The Hall–Kier alpha value is -1.16. The third kappa shape index (κ3) is 2.32. The Bertz CT molecular complexity index is 497. The molecule has 82 valence electrons. The highest BCUT2D eigenvalue weighted by molar-refractivity contribution is 6.42. The quantitative estimate of drug-likeness (QED) is 0.896.